The number of aromatic nitrogens is 5. The van der Waals surface area contributed by atoms with Gasteiger partial charge in [0.1, 0.15) is 0 Å². The van der Waals surface area contributed by atoms with E-state index in [1.54, 1.807) is 0 Å². The van der Waals surface area contributed by atoms with E-state index in [-0.39, 0.29) is 6.04 Å². The van der Waals surface area contributed by atoms with Gasteiger partial charge in [0.25, 0.3) is 0 Å². The van der Waals surface area contributed by atoms with Gasteiger partial charge in [-0.25, -0.2) is 9.97 Å². The van der Waals surface area contributed by atoms with E-state index in [9.17, 15) is 0 Å². The van der Waals surface area contributed by atoms with Gasteiger partial charge in [0.05, 0.1) is 29.8 Å². The van der Waals surface area contributed by atoms with Crippen molar-refractivity contribution in [2.24, 2.45) is 0 Å². The first kappa shape index (κ1) is 20.1. The second-order valence-corrected chi connectivity index (χ2v) is 9.23. The third-order valence-electron chi connectivity index (χ3n) is 7.19. The van der Waals surface area contributed by atoms with Gasteiger partial charge >= 0.3 is 0 Å². The van der Waals surface area contributed by atoms with Crippen LogP contribution < -0.4 is 9.80 Å². The molecule has 2 aliphatic heterocycles. The Balaban J connectivity index is 1.33. The number of nitrogens with one attached hydrogen (secondary N) is 1. The van der Waals surface area contributed by atoms with Gasteiger partial charge in [-0.3, -0.25) is 0 Å². The predicted molar refractivity (Wildman–Crippen MR) is 132 cm³/mol. The molecule has 7 heteroatoms. The van der Waals surface area contributed by atoms with E-state index in [0.717, 1.165) is 60.0 Å². The van der Waals surface area contributed by atoms with Gasteiger partial charge in [0.15, 0.2) is 5.65 Å². The molecule has 0 aliphatic carbocycles. The predicted octanol–water partition coefficient (Wildman–Crippen LogP) is 4.84. The fourth-order valence-electron chi connectivity index (χ4n) is 5.36. The monoisotopic (exact) mass is 439 g/mol. The number of hydrogen-bond donors (Lipinski definition) is 1. The van der Waals surface area contributed by atoms with Gasteiger partial charge in [-0.2, -0.15) is 0 Å². The Morgan fingerprint density at radius 3 is 2.55 bits per heavy atom. The minimum Gasteiger partial charge on any atom is -0.369 e. The summed E-state index contributed by atoms with van der Waals surface area (Å²) in [6.07, 6.45) is 8.72. The van der Waals surface area contributed by atoms with E-state index in [1.807, 2.05) is 12.4 Å². The molecule has 33 heavy (non-hydrogen) atoms. The van der Waals surface area contributed by atoms with Crippen molar-refractivity contribution in [3.05, 3.63) is 59.5 Å². The highest BCUT2D eigenvalue weighted by molar-refractivity contribution is 5.86. The lowest BCUT2D eigenvalue weighted by Gasteiger charge is -2.34. The normalized spacial score (nSPS) is 18.5. The first-order chi connectivity index (χ1) is 16.2. The molecular formula is C26H29N7. The lowest BCUT2D eigenvalue weighted by atomic mass is 9.97. The maximum Gasteiger partial charge on any atom is 0.225 e. The Hall–Kier alpha value is -3.48. The number of piperidine rings is 1. The van der Waals surface area contributed by atoms with Crippen molar-refractivity contribution in [1.29, 1.82) is 0 Å². The van der Waals surface area contributed by atoms with Gasteiger partial charge < -0.3 is 14.8 Å². The number of rotatable bonds is 3. The Morgan fingerprint density at radius 1 is 0.970 bits per heavy atom. The smallest absolute Gasteiger partial charge is 0.225 e. The highest BCUT2D eigenvalue weighted by Crippen LogP contribution is 2.37. The van der Waals surface area contributed by atoms with Gasteiger partial charge in [-0.1, -0.05) is 24.3 Å². The fraction of sp³-hybridized carbons (Fsp3) is 0.385. The molecule has 0 amide bonds. The largest absolute Gasteiger partial charge is 0.369 e. The first-order valence-electron chi connectivity index (χ1n) is 12.0. The van der Waals surface area contributed by atoms with Crippen molar-refractivity contribution >= 4 is 22.7 Å². The number of nitrogens with zero attached hydrogens (tertiary/aromatic N) is 6. The van der Waals surface area contributed by atoms with E-state index in [0.29, 0.717) is 0 Å². The lowest BCUT2D eigenvalue weighted by molar-refractivity contribution is 0.575. The first-order valence-corrected chi connectivity index (χ1v) is 12.0. The summed E-state index contributed by atoms with van der Waals surface area (Å²) in [6, 6.07) is 10.7. The maximum absolute atomic E-state index is 4.78. The number of anilines is 2. The van der Waals surface area contributed by atoms with E-state index in [4.69, 9.17) is 9.97 Å². The van der Waals surface area contributed by atoms with Crippen molar-refractivity contribution in [3.8, 4) is 11.3 Å². The highest BCUT2D eigenvalue weighted by atomic mass is 15.3. The zero-order chi connectivity index (χ0) is 22.4. The molecule has 0 spiro atoms. The molecule has 0 saturated carbocycles. The summed E-state index contributed by atoms with van der Waals surface area (Å²) in [5.74, 6) is 0.796. The molecule has 0 bridgehead atoms. The van der Waals surface area contributed by atoms with Crippen molar-refractivity contribution < 1.29 is 0 Å². The molecule has 3 aromatic heterocycles. The average Bonchev–Trinajstić information content (AvgIpc) is 3.24. The standard InChI is InChI=1S/C26H29N7/c1-17-8-4-5-9-20(17)23-14-21-24-18(2)33(13-10-22(24)29-25(21)31-30-23)26-27-15-19(16-28-26)32-11-6-3-7-12-32/h4-5,8-9,14-16,18H,3,6-7,10-13H2,1-2H3,(H,29,31)/t18-/m1/s1. The third kappa shape index (κ3) is 3.52. The van der Waals surface area contributed by atoms with Gasteiger partial charge in [-0.05, 0) is 44.7 Å². The molecule has 4 aromatic rings. The number of aryl methyl sites for hydroxylation is 1. The molecule has 1 saturated heterocycles. The topological polar surface area (TPSA) is 73.8 Å². The highest BCUT2D eigenvalue weighted by Gasteiger charge is 2.30. The average molecular weight is 440 g/mol. The van der Waals surface area contributed by atoms with E-state index >= 15 is 0 Å². The lowest BCUT2D eigenvalue weighted by Crippen LogP contribution is -2.35. The van der Waals surface area contributed by atoms with Crippen LogP contribution in [0.15, 0.2) is 42.7 Å². The SMILES string of the molecule is Cc1ccccc1-c1cc2c3c([nH]c2nn1)CCN(c1ncc(N2CCCCC2)cn1)[C@@H]3C. The third-order valence-corrected chi connectivity index (χ3v) is 7.19. The fourth-order valence-corrected chi connectivity index (χ4v) is 5.36. The molecule has 2 aliphatic rings. The number of benzene rings is 1. The molecule has 1 fully saturated rings. The van der Waals surface area contributed by atoms with Crippen molar-refractivity contribution in [2.45, 2.75) is 45.6 Å². The maximum atomic E-state index is 4.78. The minimum absolute atomic E-state index is 0.150. The molecular weight excluding hydrogens is 410 g/mol. The summed E-state index contributed by atoms with van der Waals surface area (Å²) < 4.78 is 0. The molecule has 1 N–H and O–H groups in total. The summed E-state index contributed by atoms with van der Waals surface area (Å²) in [5.41, 5.74) is 7.75. The summed E-state index contributed by atoms with van der Waals surface area (Å²) in [4.78, 5) is 17.8. The van der Waals surface area contributed by atoms with Gasteiger partial charge in [-0.15, -0.1) is 10.2 Å². The van der Waals surface area contributed by atoms with Crippen LogP contribution in [-0.2, 0) is 6.42 Å². The summed E-state index contributed by atoms with van der Waals surface area (Å²) in [5, 5.41) is 10.2. The molecule has 7 nitrogen and oxygen atoms in total. The van der Waals surface area contributed by atoms with Crippen LogP contribution in [0.1, 0.15) is 49.0 Å². The van der Waals surface area contributed by atoms with E-state index < -0.39 is 0 Å². The Morgan fingerprint density at radius 2 is 1.76 bits per heavy atom. The van der Waals surface area contributed by atoms with Crippen LogP contribution in [0.2, 0.25) is 0 Å². The molecule has 0 unspecified atom stereocenters. The molecule has 168 valence electrons. The second kappa shape index (κ2) is 8.14. The van der Waals surface area contributed by atoms with E-state index in [1.165, 1.54) is 36.1 Å². The van der Waals surface area contributed by atoms with Crippen LogP contribution >= 0.6 is 0 Å². The Kier molecular flexibility index (Phi) is 4.97. The van der Waals surface area contributed by atoms with Crippen LogP contribution in [0.5, 0.6) is 0 Å². The number of H-pyrrole nitrogens is 1. The Labute approximate surface area is 193 Å². The summed E-state index contributed by atoms with van der Waals surface area (Å²) >= 11 is 0. The summed E-state index contributed by atoms with van der Waals surface area (Å²) in [7, 11) is 0. The number of fused-ring (bicyclic) bond motifs is 3. The van der Waals surface area contributed by atoms with E-state index in [2.05, 4.69) is 69.2 Å². The molecule has 6 rings (SSSR count). The van der Waals surface area contributed by atoms with Crippen molar-refractivity contribution in [1.82, 2.24) is 25.1 Å². The number of hydrogen-bond acceptors (Lipinski definition) is 6. The van der Waals surface area contributed by atoms with Crippen LogP contribution in [0, 0.1) is 6.92 Å². The zero-order valence-corrected chi connectivity index (χ0v) is 19.3. The molecule has 1 atom stereocenters. The Bertz CT molecular complexity index is 1290. The molecule has 5 heterocycles. The van der Waals surface area contributed by atoms with Crippen molar-refractivity contribution in [2.75, 3.05) is 29.4 Å². The minimum atomic E-state index is 0.150. The van der Waals surface area contributed by atoms with Crippen LogP contribution in [-0.4, -0.2) is 44.8 Å². The molecule has 0 radical (unpaired) electrons. The quantitative estimate of drug-likeness (QED) is 0.493. The van der Waals surface area contributed by atoms with Gasteiger partial charge in [0.2, 0.25) is 5.95 Å². The van der Waals surface area contributed by atoms with Gasteiger partial charge in [0, 0.05) is 48.3 Å². The van der Waals surface area contributed by atoms with Crippen LogP contribution in [0.25, 0.3) is 22.3 Å². The van der Waals surface area contributed by atoms with Crippen LogP contribution in [0.3, 0.4) is 0 Å². The molecule has 1 aromatic carbocycles. The zero-order valence-electron chi connectivity index (χ0n) is 19.3. The van der Waals surface area contributed by atoms with Crippen LogP contribution in [0.4, 0.5) is 11.6 Å². The number of aromatic amines is 1. The van der Waals surface area contributed by atoms with Crippen molar-refractivity contribution in [3.63, 3.8) is 0 Å². The second-order valence-electron chi connectivity index (χ2n) is 9.23. The summed E-state index contributed by atoms with van der Waals surface area (Å²) in [6.45, 7) is 7.43.